The summed E-state index contributed by atoms with van der Waals surface area (Å²) in [5.74, 6) is 0.760. The molecule has 0 bridgehead atoms. The average molecular weight is 241 g/mol. The van der Waals surface area contributed by atoms with Crippen molar-refractivity contribution in [1.82, 2.24) is 0 Å². The van der Waals surface area contributed by atoms with Gasteiger partial charge in [-0.3, -0.25) is 4.79 Å². The van der Waals surface area contributed by atoms with E-state index in [2.05, 4.69) is 0 Å². The molecule has 2 rings (SSSR count). The molecule has 2 nitrogen and oxygen atoms in total. The van der Waals surface area contributed by atoms with Gasteiger partial charge < -0.3 is 4.74 Å². The van der Waals surface area contributed by atoms with Crippen LogP contribution in [0.15, 0.2) is 12.1 Å². The standard InChI is InChI=1S/C11H9ClO2S/c1-6-7(5-13)10-8(12)3-4-9(14-2)11(10)15-6/h3-5H,1-2H3. The zero-order chi connectivity index (χ0) is 11.0. The summed E-state index contributed by atoms with van der Waals surface area (Å²) in [4.78, 5) is 11.9. The molecule has 0 fully saturated rings. The van der Waals surface area contributed by atoms with Crippen LogP contribution in [0.1, 0.15) is 15.2 Å². The molecule has 15 heavy (non-hydrogen) atoms. The Bertz CT molecular complexity index is 531. The van der Waals surface area contributed by atoms with Crippen molar-refractivity contribution in [2.75, 3.05) is 7.11 Å². The molecule has 0 atom stereocenters. The molecule has 0 aliphatic heterocycles. The van der Waals surface area contributed by atoms with Crippen molar-refractivity contribution < 1.29 is 9.53 Å². The number of ether oxygens (including phenoxy) is 1. The van der Waals surface area contributed by atoms with E-state index in [0.717, 1.165) is 27.0 Å². The summed E-state index contributed by atoms with van der Waals surface area (Å²) in [5, 5.41) is 1.39. The number of hydrogen-bond acceptors (Lipinski definition) is 3. The number of benzene rings is 1. The quantitative estimate of drug-likeness (QED) is 0.749. The number of carbonyl (C=O) groups excluding carboxylic acids is 1. The minimum Gasteiger partial charge on any atom is -0.495 e. The van der Waals surface area contributed by atoms with E-state index < -0.39 is 0 Å². The first-order valence-corrected chi connectivity index (χ1v) is 5.59. The Labute approximate surface area is 96.4 Å². The Balaban J connectivity index is 2.93. The summed E-state index contributed by atoms with van der Waals surface area (Å²) in [6.07, 6.45) is 0.847. The Morgan fingerprint density at radius 2 is 2.20 bits per heavy atom. The van der Waals surface area contributed by atoms with E-state index in [-0.39, 0.29) is 0 Å². The van der Waals surface area contributed by atoms with Crippen molar-refractivity contribution in [2.45, 2.75) is 6.92 Å². The first-order chi connectivity index (χ1) is 7.19. The Hall–Kier alpha value is -1.06. The SMILES string of the molecule is COc1ccc(Cl)c2c(C=O)c(C)sc12. The molecule has 0 unspecified atom stereocenters. The predicted octanol–water partition coefficient (Wildman–Crippen LogP) is 3.68. The third-order valence-electron chi connectivity index (χ3n) is 2.31. The highest BCUT2D eigenvalue weighted by Crippen LogP contribution is 2.40. The number of aldehydes is 1. The van der Waals surface area contributed by atoms with Gasteiger partial charge in [0.1, 0.15) is 5.75 Å². The van der Waals surface area contributed by atoms with Crippen LogP contribution >= 0.6 is 22.9 Å². The lowest BCUT2D eigenvalue weighted by Crippen LogP contribution is -1.84. The van der Waals surface area contributed by atoms with Crippen LogP contribution in [0.25, 0.3) is 10.1 Å². The van der Waals surface area contributed by atoms with Crippen LogP contribution in [0.2, 0.25) is 5.02 Å². The van der Waals surface area contributed by atoms with Gasteiger partial charge in [0.25, 0.3) is 0 Å². The Morgan fingerprint density at radius 1 is 1.47 bits per heavy atom. The lowest BCUT2D eigenvalue weighted by atomic mass is 10.1. The highest BCUT2D eigenvalue weighted by Gasteiger charge is 2.14. The van der Waals surface area contributed by atoms with E-state index in [0.29, 0.717) is 10.6 Å². The minimum atomic E-state index is 0.595. The van der Waals surface area contributed by atoms with Crippen LogP contribution in [0.5, 0.6) is 5.75 Å². The summed E-state index contributed by atoms with van der Waals surface area (Å²) in [6.45, 7) is 1.91. The second kappa shape index (κ2) is 3.83. The first kappa shape index (κ1) is 10.5. The highest BCUT2D eigenvalue weighted by molar-refractivity contribution is 7.20. The number of methoxy groups -OCH3 is 1. The summed E-state index contributed by atoms with van der Waals surface area (Å²) >= 11 is 7.60. The van der Waals surface area contributed by atoms with Gasteiger partial charge >= 0.3 is 0 Å². The van der Waals surface area contributed by atoms with E-state index in [1.54, 1.807) is 13.2 Å². The molecular weight excluding hydrogens is 232 g/mol. The number of aryl methyl sites for hydroxylation is 1. The van der Waals surface area contributed by atoms with Crippen LogP contribution in [-0.2, 0) is 0 Å². The van der Waals surface area contributed by atoms with Crippen LogP contribution in [0.4, 0.5) is 0 Å². The summed E-state index contributed by atoms with van der Waals surface area (Å²) in [7, 11) is 1.61. The molecule has 0 saturated heterocycles. The maximum Gasteiger partial charge on any atom is 0.151 e. The largest absolute Gasteiger partial charge is 0.495 e. The molecule has 1 aromatic carbocycles. The second-order valence-corrected chi connectivity index (χ2v) is 4.78. The number of halogens is 1. The maximum atomic E-state index is 11.0. The van der Waals surface area contributed by atoms with Crippen LogP contribution in [-0.4, -0.2) is 13.4 Å². The van der Waals surface area contributed by atoms with Gasteiger partial charge in [-0.2, -0.15) is 0 Å². The van der Waals surface area contributed by atoms with E-state index in [1.807, 2.05) is 13.0 Å². The third-order valence-corrected chi connectivity index (χ3v) is 3.76. The monoisotopic (exact) mass is 240 g/mol. The van der Waals surface area contributed by atoms with Crippen molar-refractivity contribution in [3.05, 3.63) is 27.6 Å². The summed E-state index contributed by atoms with van der Waals surface area (Å²) in [6, 6.07) is 3.57. The topological polar surface area (TPSA) is 26.3 Å². The third kappa shape index (κ3) is 1.52. The van der Waals surface area contributed by atoms with Gasteiger partial charge in [0, 0.05) is 15.8 Å². The Morgan fingerprint density at radius 3 is 2.80 bits per heavy atom. The number of thiophene rings is 1. The van der Waals surface area contributed by atoms with Crippen molar-refractivity contribution in [3.8, 4) is 5.75 Å². The number of rotatable bonds is 2. The van der Waals surface area contributed by atoms with Gasteiger partial charge in [-0.1, -0.05) is 11.6 Å². The molecule has 0 N–H and O–H groups in total. The fraction of sp³-hybridized carbons (Fsp3) is 0.182. The van der Waals surface area contributed by atoms with Crippen molar-refractivity contribution in [1.29, 1.82) is 0 Å². The maximum absolute atomic E-state index is 11.0. The van der Waals surface area contributed by atoms with Gasteiger partial charge in [0.15, 0.2) is 6.29 Å². The fourth-order valence-electron chi connectivity index (χ4n) is 1.58. The Kier molecular flexibility index (Phi) is 2.67. The predicted molar refractivity (Wildman–Crippen MR) is 63.5 cm³/mol. The number of hydrogen-bond donors (Lipinski definition) is 0. The van der Waals surface area contributed by atoms with Gasteiger partial charge in [0.2, 0.25) is 0 Å². The zero-order valence-electron chi connectivity index (χ0n) is 8.33. The van der Waals surface area contributed by atoms with E-state index in [4.69, 9.17) is 16.3 Å². The average Bonchev–Trinajstić information content (AvgIpc) is 2.56. The molecular formula is C11H9ClO2S. The molecule has 0 aliphatic rings. The molecule has 0 aliphatic carbocycles. The fourth-order valence-corrected chi connectivity index (χ4v) is 3.03. The number of carbonyl (C=O) groups is 1. The lowest BCUT2D eigenvalue weighted by molar-refractivity contribution is 0.112. The van der Waals surface area contributed by atoms with Gasteiger partial charge in [-0.15, -0.1) is 11.3 Å². The van der Waals surface area contributed by atoms with Crippen LogP contribution in [0, 0.1) is 6.92 Å². The minimum absolute atomic E-state index is 0.595. The van der Waals surface area contributed by atoms with E-state index in [9.17, 15) is 4.79 Å². The molecule has 2 aromatic rings. The van der Waals surface area contributed by atoms with Crippen LogP contribution in [0.3, 0.4) is 0 Å². The van der Waals surface area contributed by atoms with E-state index in [1.165, 1.54) is 11.3 Å². The van der Waals surface area contributed by atoms with Crippen LogP contribution < -0.4 is 4.74 Å². The molecule has 0 saturated carbocycles. The van der Waals surface area contributed by atoms with Crippen molar-refractivity contribution >= 4 is 39.3 Å². The molecule has 0 amide bonds. The first-order valence-electron chi connectivity index (χ1n) is 4.39. The van der Waals surface area contributed by atoms with E-state index >= 15 is 0 Å². The molecule has 4 heteroatoms. The number of fused-ring (bicyclic) bond motifs is 1. The second-order valence-electron chi connectivity index (χ2n) is 3.14. The molecule has 78 valence electrons. The molecule has 1 heterocycles. The smallest absolute Gasteiger partial charge is 0.151 e. The van der Waals surface area contributed by atoms with Gasteiger partial charge in [0.05, 0.1) is 16.8 Å². The molecule has 0 spiro atoms. The highest BCUT2D eigenvalue weighted by atomic mass is 35.5. The van der Waals surface area contributed by atoms with Gasteiger partial charge in [-0.25, -0.2) is 0 Å². The zero-order valence-corrected chi connectivity index (χ0v) is 9.91. The molecule has 0 radical (unpaired) electrons. The van der Waals surface area contributed by atoms with Crippen molar-refractivity contribution in [3.63, 3.8) is 0 Å². The summed E-state index contributed by atoms with van der Waals surface area (Å²) in [5.41, 5.74) is 0.666. The molecule has 1 aromatic heterocycles. The van der Waals surface area contributed by atoms with Crippen molar-refractivity contribution in [2.24, 2.45) is 0 Å². The summed E-state index contributed by atoms with van der Waals surface area (Å²) < 4.78 is 6.17. The lowest BCUT2D eigenvalue weighted by Gasteiger charge is -2.02. The van der Waals surface area contributed by atoms with Gasteiger partial charge in [-0.05, 0) is 19.1 Å². The normalized spacial score (nSPS) is 10.6.